The fourth-order valence-electron chi connectivity index (χ4n) is 4.61. The van der Waals surface area contributed by atoms with Crippen LogP contribution in [0, 0.1) is 0 Å². The first kappa shape index (κ1) is 16.1. The molecule has 26 heavy (non-hydrogen) atoms. The monoisotopic (exact) mass is 359 g/mol. The van der Waals surface area contributed by atoms with Gasteiger partial charge in [0.25, 0.3) is 0 Å². The number of nitrogens with one attached hydrogen (secondary N) is 1. The molecule has 0 radical (unpaired) electrons. The maximum Gasteiger partial charge on any atom is 0.0375 e. The number of rotatable bonds is 2. The smallest absolute Gasteiger partial charge is 0.0375 e. The Morgan fingerprint density at radius 1 is 1.12 bits per heavy atom. The molecule has 1 aromatic heterocycles. The Morgan fingerprint density at radius 2 is 2.04 bits per heavy atom. The van der Waals surface area contributed by atoms with Crippen LogP contribution in [0.25, 0.3) is 16.2 Å². The molecule has 3 aliphatic rings. The third-order valence-corrected chi connectivity index (χ3v) is 7.24. The number of benzene rings is 1. The molecule has 5 rings (SSSR count). The number of fused-ring (bicyclic) bond motifs is 3. The van der Waals surface area contributed by atoms with Crippen LogP contribution in [0.2, 0.25) is 0 Å². The summed E-state index contributed by atoms with van der Waals surface area (Å²) < 4.78 is 1.42. The van der Waals surface area contributed by atoms with Crippen LogP contribution >= 0.6 is 11.3 Å². The van der Waals surface area contributed by atoms with E-state index in [-0.39, 0.29) is 0 Å². The van der Waals surface area contributed by atoms with E-state index in [1.165, 1.54) is 47.0 Å². The van der Waals surface area contributed by atoms with Crippen molar-refractivity contribution in [3.05, 3.63) is 75.9 Å². The zero-order valence-corrected chi connectivity index (χ0v) is 16.1. The maximum atomic E-state index is 3.91. The van der Waals surface area contributed by atoms with Crippen molar-refractivity contribution in [3.8, 4) is 0 Å². The summed E-state index contributed by atoms with van der Waals surface area (Å²) in [5.74, 6) is 0.483. The van der Waals surface area contributed by atoms with Gasteiger partial charge in [-0.2, -0.15) is 0 Å². The molecule has 1 N–H and O–H groups in total. The van der Waals surface area contributed by atoms with Gasteiger partial charge in [0.15, 0.2) is 0 Å². The van der Waals surface area contributed by atoms with Crippen molar-refractivity contribution < 1.29 is 0 Å². The Labute approximate surface area is 159 Å². The molecule has 132 valence electrons. The molecule has 2 aromatic rings. The highest BCUT2D eigenvalue weighted by Crippen LogP contribution is 2.46. The van der Waals surface area contributed by atoms with E-state index in [0.29, 0.717) is 12.0 Å². The summed E-state index contributed by atoms with van der Waals surface area (Å²) in [7, 11) is 0. The molecule has 2 aliphatic carbocycles. The Hall–Kier alpha value is -2.06. The Kier molecular flexibility index (Phi) is 4.09. The second-order valence-electron chi connectivity index (χ2n) is 7.70. The van der Waals surface area contributed by atoms with Gasteiger partial charge in [-0.05, 0) is 67.2 Å². The van der Waals surface area contributed by atoms with Gasteiger partial charge in [0, 0.05) is 27.2 Å². The predicted octanol–water partition coefficient (Wildman–Crippen LogP) is 6.70. The molecule has 2 unspecified atom stereocenters. The first-order valence-electron chi connectivity index (χ1n) is 9.85. The molecular formula is C24H25NS. The number of thiophene rings is 1. The Balaban J connectivity index is 1.66. The Bertz CT molecular complexity index is 969. The lowest BCUT2D eigenvalue weighted by Crippen LogP contribution is -2.34. The quantitative estimate of drug-likeness (QED) is 0.629. The molecule has 2 atom stereocenters. The van der Waals surface area contributed by atoms with Gasteiger partial charge in [0.05, 0.1) is 0 Å². The molecule has 0 saturated heterocycles. The molecule has 2 heterocycles. The zero-order valence-electron chi connectivity index (χ0n) is 15.3. The summed E-state index contributed by atoms with van der Waals surface area (Å²) in [6.45, 7) is 2.33. The second-order valence-corrected chi connectivity index (χ2v) is 8.79. The van der Waals surface area contributed by atoms with Gasteiger partial charge in [0.2, 0.25) is 0 Å². The van der Waals surface area contributed by atoms with Crippen LogP contribution in [0.4, 0.5) is 0 Å². The van der Waals surface area contributed by atoms with Gasteiger partial charge >= 0.3 is 0 Å². The summed E-state index contributed by atoms with van der Waals surface area (Å²) in [4.78, 5) is 1.55. The van der Waals surface area contributed by atoms with E-state index in [2.05, 4.69) is 66.9 Å². The highest BCUT2D eigenvalue weighted by atomic mass is 32.1. The van der Waals surface area contributed by atoms with Crippen molar-refractivity contribution in [3.63, 3.8) is 0 Å². The van der Waals surface area contributed by atoms with E-state index in [4.69, 9.17) is 0 Å². The topological polar surface area (TPSA) is 12.0 Å². The molecule has 0 fully saturated rings. The van der Waals surface area contributed by atoms with Gasteiger partial charge in [-0.3, -0.25) is 0 Å². The lowest BCUT2D eigenvalue weighted by molar-refractivity contribution is 0.498. The van der Waals surface area contributed by atoms with Crippen LogP contribution in [0.3, 0.4) is 0 Å². The lowest BCUT2D eigenvalue weighted by atomic mass is 9.81. The van der Waals surface area contributed by atoms with E-state index < -0.39 is 0 Å². The summed E-state index contributed by atoms with van der Waals surface area (Å²) in [5.41, 5.74) is 6.10. The van der Waals surface area contributed by atoms with Crippen LogP contribution in [0.5, 0.6) is 0 Å². The summed E-state index contributed by atoms with van der Waals surface area (Å²) in [6, 6.07) is 9.44. The van der Waals surface area contributed by atoms with E-state index in [1.807, 2.05) is 11.3 Å². The minimum Gasteiger partial charge on any atom is -0.385 e. The zero-order chi connectivity index (χ0) is 17.5. The highest BCUT2D eigenvalue weighted by molar-refractivity contribution is 7.19. The molecule has 0 bridgehead atoms. The van der Waals surface area contributed by atoms with Gasteiger partial charge in [-0.1, -0.05) is 48.6 Å². The third kappa shape index (κ3) is 2.68. The molecule has 2 heteroatoms. The minimum absolute atomic E-state index is 0.483. The third-order valence-electron chi connectivity index (χ3n) is 5.94. The normalized spacial score (nSPS) is 25.2. The lowest BCUT2D eigenvalue weighted by Gasteiger charge is -2.34. The summed E-state index contributed by atoms with van der Waals surface area (Å²) in [6.07, 6.45) is 17.5. The van der Waals surface area contributed by atoms with Crippen LogP contribution < -0.4 is 5.32 Å². The van der Waals surface area contributed by atoms with Crippen molar-refractivity contribution >= 4 is 27.5 Å². The largest absolute Gasteiger partial charge is 0.385 e. The highest BCUT2D eigenvalue weighted by Gasteiger charge is 2.30. The van der Waals surface area contributed by atoms with E-state index >= 15 is 0 Å². The van der Waals surface area contributed by atoms with Crippen molar-refractivity contribution in [2.24, 2.45) is 0 Å². The maximum absolute atomic E-state index is 3.91. The van der Waals surface area contributed by atoms with Crippen LogP contribution in [-0.2, 0) is 0 Å². The number of hydrogen-bond acceptors (Lipinski definition) is 2. The molecule has 1 nitrogen and oxygen atoms in total. The van der Waals surface area contributed by atoms with E-state index in [1.54, 1.807) is 16.0 Å². The van der Waals surface area contributed by atoms with Crippen LogP contribution in [-0.4, -0.2) is 6.04 Å². The van der Waals surface area contributed by atoms with Crippen molar-refractivity contribution in [1.29, 1.82) is 0 Å². The first-order valence-corrected chi connectivity index (χ1v) is 10.7. The van der Waals surface area contributed by atoms with Crippen molar-refractivity contribution in [2.75, 3.05) is 0 Å². The molecule has 1 aliphatic heterocycles. The second kappa shape index (κ2) is 6.59. The summed E-state index contributed by atoms with van der Waals surface area (Å²) >= 11 is 1.99. The molecule has 0 saturated carbocycles. The molecule has 1 aromatic carbocycles. The van der Waals surface area contributed by atoms with Crippen LogP contribution in [0.15, 0.2) is 65.4 Å². The number of allylic oxidation sites excluding steroid dienone is 7. The average Bonchev–Trinajstić information content (AvgIpc) is 3.07. The fraction of sp³-hybridized carbons (Fsp3) is 0.333. The van der Waals surface area contributed by atoms with Crippen molar-refractivity contribution in [2.45, 2.75) is 51.0 Å². The minimum atomic E-state index is 0.483. The fourth-order valence-corrected chi connectivity index (χ4v) is 5.93. The predicted molar refractivity (Wildman–Crippen MR) is 114 cm³/mol. The van der Waals surface area contributed by atoms with Gasteiger partial charge in [0.1, 0.15) is 0 Å². The molecule has 0 amide bonds. The SMILES string of the molecule is CC1CCC(C2=CC=CCC2)=C(C2CC=Cc3c2sc2ccccc32)N1. The average molecular weight is 360 g/mol. The van der Waals surface area contributed by atoms with Gasteiger partial charge in [-0.15, -0.1) is 11.3 Å². The van der Waals surface area contributed by atoms with Crippen molar-refractivity contribution in [1.82, 2.24) is 5.32 Å². The van der Waals surface area contributed by atoms with E-state index in [9.17, 15) is 0 Å². The molecular weight excluding hydrogens is 334 g/mol. The summed E-state index contributed by atoms with van der Waals surface area (Å²) in [5, 5.41) is 5.32. The van der Waals surface area contributed by atoms with Gasteiger partial charge < -0.3 is 5.32 Å². The van der Waals surface area contributed by atoms with Crippen LogP contribution in [0.1, 0.15) is 55.4 Å². The standard InChI is InChI=1S/C24H25NS/c1-16-14-15-18(17-8-3-2-4-9-17)23(25-16)21-12-7-11-20-19-10-5-6-13-22(19)26-24(20)21/h2-3,5-8,10-11,13,16,21,25H,4,9,12,14-15H2,1H3. The number of hydrogen-bond donors (Lipinski definition) is 1. The Morgan fingerprint density at radius 3 is 2.92 bits per heavy atom. The first-order chi connectivity index (χ1) is 12.8. The molecule has 0 spiro atoms. The van der Waals surface area contributed by atoms with Gasteiger partial charge in [-0.25, -0.2) is 0 Å². The van der Waals surface area contributed by atoms with E-state index in [0.717, 1.165) is 6.42 Å².